The first-order valence-electron chi connectivity index (χ1n) is 12.1. The Morgan fingerprint density at radius 2 is 1.81 bits per heavy atom. The third-order valence-electron chi connectivity index (χ3n) is 7.71. The molecule has 0 aliphatic heterocycles. The van der Waals surface area contributed by atoms with Crippen molar-refractivity contribution < 1.29 is 4.79 Å². The summed E-state index contributed by atoms with van der Waals surface area (Å²) >= 11 is 1.48. The molecule has 1 aromatic carbocycles. The summed E-state index contributed by atoms with van der Waals surface area (Å²) < 4.78 is 2.19. The molecular weight excluding hydrogens is 416 g/mol. The Morgan fingerprint density at radius 1 is 1.12 bits per heavy atom. The number of carbonyl (C=O) groups is 1. The molecule has 4 aliphatic rings. The lowest BCUT2D eigenvalue weighted by Gasteiger charge is -2.56. The summed E-state index contributed by atoms with van der Waals surface area (Å²) in [6.07, 6.45) is 12.3. The van der Waals surface area contributed by atoms with Crippen LogP contribution in [0.4, 0.5) is 0 Å². The molecule has 1 heterocycles. The summed E-state index contributed by atoms with van der Waals surface area (Å²) in [7, 11) is 0. The predicted octanol–water partition coefficient (Wildman–Crippen LogP) is 4.67. The minimum Gasteiger partial charge on any atom is -0.355 e. The highest BCUT2D eigenvalue weighted by molar-refractivity contribution is 7.99. The number of benzene rings is 1. The zero-order chi connectivity index (χ0) is 22.0. The summed E-state index contributed by atoms with van der Waals surface area (Å²) in [5.41, 5.74) is 1.66. The molecule has 170 valence electrons. The Balaban J connectivity index is 1.18. The molecule has 2 aromatic rings. The summed E-state index contributed by atoms with van der Waals surface area (Å²) in [5, 5.41) is 12.9. The predicted molar refractivity (Wildman–Crippen MR) is 128 cm³/mol. The molecule has 1 N–H and O–H groups in total. The standard InChI is InChI=1S/C26H34N4OS/c1-2-10-30-23(17-26-14-20-11-21(15-26)13-22(12-20)16-26)28-29-25(30)32-18-24(31)27-9-8-19-6-4-3-5-7-19/h2-7,20-22H,1,8-18H2,(H,27,31). The Kier molecular flexibility index (Phi) is 6.40. The monoisotopic (exact) mass is 450 g/mol. The van der Waals surface area contributed by atoms with Crippen LogP contribution in [0.25, 0.3) is 0 Å². The summed E-state index contributed by atoms with van der Waals surface area (Å²) in [5.74, 6) is 4.29. The first kappa shape index (κ1) is 21.7. The molecule has 6 heteroatoms. The van der Waals surface area contributed by atoms with Gasteiger partial charge in [-0.05, 0) is 73.7 Å². The van der Waals surface area contributed by atoms with E-state index in [0.29, 0.717) is 24.3 Å². The molecule has 6 rings (SSSR count). The van der Waals surface area contributed by atoms with Gasteiger partial charge in [-0.1, -0.05) is 48.2 Å². The van der Waals surface area contributed by atoms with Crippen LogP contribution >= 0.6 is 11.8 Å². The van der Waals surface area contributed by atoms with Crippen LogP contribution in [0, 0.1) is 23.2 Å². The maximum absolute atomic E-state index is 12.4. The zero-order valence-electron chi connectivity index (χ0n) is 18.8. The number of amides is 1. The van der Waals surface area contributed by atoms with Crippen LogP contribution in [-0.2, 0) is 24.2 Å². The Hall–Kier alpha value is -2.08. The second kappa shape index (κ2) is 9.42. The Morgan fingerprint density at radius 3 is 2.47 bits per heavy atom. The van der Waals surface area contributed by atoms with E-state index in [4.69, 9.17) is 0 Å². The van der Waals surface area contributed by atoms with E-state index in [1.54, 1.807) is 0 Å². The Labute approximate surface area is 195 Å². The minimum absolute atomic E-state index is 0.0433. The van der Waals surface area contributed by atoms with Gasteiger partial charge in [-0.3, -0.25) is 4.79 Å². The zero-order valence-corrected chi connectivity index (χ0v) is 19.7. The van der Waals surface area contributed by atoms with Gasteiger partial charge in [0.15, 0.2) is 5.16 Å². The lowest BCUT2D eigenvalue weighted by atomic mass is 9.49. The molecular formula is C26H34N4OS. The van der Waals surface area contributed by atoms with Gasteiger partial charge in [-0.25, -0.2) is 0 Å². The molecule has 0 unspecified atom stereocenters. The van der Waals surface area contributed by atoms with Crippen molar-refractivity contribution in [1.29, 1.82) is 0 Å². The van der Waals surface area contributed by atoms with Crippen LogP contribution in [0.3, 0.4) is 0 Å². The fraction of sp³-hybridized carbons (Fsp3) is 0.577. The molecule has 1 amide bonds. The van der Waals surface area contributed by atoms with Crippen LogP contribution in [0.2, 0.25) is 0 Å². The van der Waals surface area contributed by atoms with Crippen molar-refractivity contribution in [3.05, 3.63) is 54.4 Å². The molecule has 0 radical (unpaired) electrons. The number of nitrogens with zero attached hydrogens (tertiary/aromatic N) is 3. The van der Waals surface area contributed by atoms with Gasteiger partial charge in [0.2, 0.25) is 5.91 Å². The van der Waals surface area contributed by atoms with E-state index in [2.05, 4.69) is 38.8 Å². The van der Waals surface area contributed by atoms with E-state index < -0.39 is 0 Å². The smallest absolute Gasteiger partial charge is 0.230 e. The van der Waals surface area contributed by atoms with Gasteiger partial charge in [-0.15, -0.1) is 16.8 Å². The number of thioether (sulfide) groups is 1. The van der Waals surface area contributed by atoms with Crippen molar-refractivity contribution in [1.82, 2.24) is 20.1 Å². The van der Waals surface area contributed by atoms with Gasteiger partial charge in [0.05, 0.1) is 5.75 Å². The molecule has 4 aliphatic carbocycles. The average Bonchev–Trinajstić information content (AvgIpc) is 3.13. The largest absolute Gasteiger partial charge is 0.355 e. The average molecular weight is 451 g/mol. The van der Waals surface area contributed by atoms with E-state index in [1.807, 2.05) is 24.3 Å². The van der Waals surface area contributed by atoms with Crippen LogP contribution in [0.1, 0.15) is 49.9 Å². The summed E-state index contributed by atoms with van der Waals surface area (Å²) in [4.78, 5) is 12.4. The number of rotatable bonds is 10. The molecule has 1 aromatic heterocycles. The SMILES string of the molecule is C=CCn1c(CC23CC4CC(CC(C4)C2)C3)nnc1SCC(=O)NCCc1ccccc1. The van der Waals surface area contributed by atoms with Gasteiger partial charge in [0.1, 0.15) is 5.82 Å². The number of aromatic nitrogens is 3. The van der Waals surface area contributed by atoms with E-state index in [0.717, 1.165) is 41.6 Å². The van der Waals surface area contributed by atoms with Crippen molar-refractivity contribution in [3.8, 4) is 0 Å². The van der Waals surface area contributed by atoms with Crippen molar-refractivity contribution >= 4 is 17.7 Å². The van der Waals surface area contributed by atoms with Crippen molar-refractivity contribution in [2.75, 3.05) is 12.3 Å². The van der Waals surface area contributed by atoms with Gasteiger partial charge in [0, 0.05) is 19.5 Å². The highest BCUT2D eigenvalue weighted by atomic mass is 32.2. The van der Waals surface area contributed by atoms with Crippen LogP contribution < -0.4 is 5.32 Å². The highest BCUT2D eigenvalue weighted by Gasteiger charge is 2.51. The van der Waals surface area contributed by atoms with E-state index in [1.165, 1.54) is 55.9 Å². The Bertz CT molecular complexity index is 919. The normalized spacial score (nSPS) is 28.1. The molecule has 32 heavy (non-hydrogen) atoms. The molecule has 5 nitrogen and oxygen atoms in total. The number of carbonyl (C=O) groups excluding carboxylic acids is 1. The van der Waals surface area contributed by atoms with Crippen molar-refractivity contribution in [2.45, 2.75) is 63.1 Å². The lowest BCUT2D eigenvalue weighted by molar-refractivity contribution is -0.118. The van der Waals surface area contributed by atoms with Crippen molar-refractivity contribution in [2.24, 2.45) is 23.2 Å². The number of allylic oxidation sites excluding steroid dienone is 1. The van der Waals surface area contributed by atoms with Gasteiger partial charge in [0.25, 0.3) is 0 Å². The van der Waals surface area contributed by atoms with Crippen LogP contribution in [0.15, 0.2) is 48.1 Å². The van der Waals surface area contributed by atoms with Crippen LogP contribution in [-0.4, -0.2) is 33.0 Å². The van der Waals surface area contributed by atoms with Crippen molar-refractivity contribution in [3.63, 3.8) is 0 Å². The number of hydrogen-bond donors (Lipinski definition) is 1. The number of nitrogens with one attached hydrogen (secondary N) is 1. The third-order valence-corrected chi connectivity index (χ3v) is 8.68. The second-order valence-electron chi connectivity index (χ2n) is 10.3. The summed E-state index contributed by atoms with van der Waals surface area (Å²) in [6.45, 7) is 5.30. The molecule has 4 bridgehead atoms. The third kappa shape index (κ3) is 4.80. The van der Waals surface area contributed by atoms with Gasteiger partial charge < -0.3 is 9.88 Å². The maximum atomic E-state index is 12.4. The molecule has 4 fully saturated rings. The minimum atomic E-state index is 0.0433. The van der Waals surface area contributed by atoms with E-state index in [-0.39, 0.29) is 5.91 Å². The topological polar surface area (TPSA) is 59.8 Å². The summed E-state index contributed by atoms with van der Waals surface area (Å²) in [6, 6.07) is 10.2. The highest BCUT2D eigenvalue weighted by Crippen LogP contribution is 2.61. The molecule has 0 spiro atoms. The van der Waals surface area contributed by atoms with E-state index >= 15 is 0 Å². The fourth-order valence-corrected chi connectivity index (χ4v) is 7.68. The molecule has 0 saturated heterocycles. The first-order valence-corrected chi connectivity index (χ1v) is 13.1. The lowest BCUT2D eigenvalue weighted by Crippen LogP contribution is -2.47. The second-order valence-corrected chi connectivity index (χ2v) is 11.2. The van der Waals surface area contributed by atoms with E-state index in [9.17, 15) is 4.79 Å². The molecule has 4 saturated carbocycles. The van der Waals surface area contributed by atoms with Gasteiger partial charge in [-0.2, -0.15) is 0 Å². The van der Waals surface area contributed by atoms with Gasteiger partial charge >= 0.3 is 0 Å². The van der Waals surface area contributed by atoms with Crippen LogP contribution in [0.5, 0.6) is 0 Å². The molecule has 0 atom stereocenters. The number of hydrogen-bond acceptors (Lipinski definition) is 4. The first-order chi connectivity index (χ1) is 15.6. The maximum Gasteiger partial charge on any atom is 0.230 e. The fourth-order valence-electron chi connectivity index (χ4n) is 6.88. The quantitative estimate of drug-likeness (QED) is 0.422.